The molecule has 0 saturated heterocycles. The van der Waals surface area contributed by atoms with E-state index in [4.69, 9.17) is 0 Å². The zero-order valence-corrected chi connectivity index (χ0v) is 5.37. The van der Waals surface area contributed by atoms with Crippen molar-refractivity contribution in [2.45, 2.75) is 11.8 Å². The molecule has 2 radical (unpaired) electrons. The zero-order chi connectivity index (χ0) is 7.61. The largest absolute Gasteiger partial charge is 0.523 e. The van der Waals surface area contributed by atoms with Gasteiger partial charge in [-0.2, -0.15) is 0 Å². The van der Waals surface area contributed by atoms with Crippen molar-refractivity contribution < 1.29 is 17.9 Å². The first-order chi connectivity index (χ1) is 4.58. The third-order valence-corrected chi connectivity index (χ3v) is 1.33. The van der Waals surface area contributed by atoms with Crippen LogP contribution in [0.2, 0.25) is 0 Å². The molecule has 0 fully saturated rings. The second-order valence-electron chi connectivity index (χ2n) is 1.42. The van der Waals surface area contributed by atoms with E-state index >= 15 is 0 Å². The highest BCUT2D eigenvalue weighted by Crippen LogP contribution is 2.27. The summed E-state index contributed by atoms with van der Waals surface area (Å²) in [6, 6.07) is 0. The first-order valence-corrected chi connectivity index (χ1v) is 3.14. The van der Waals surface area contributed by atoms with Crippen molar-refractivity contribution in [3.63, 3.8) is 0 Å². The Bertz CT molecular complexity index is 146. The van der Waals surface area contributed by atoms with E-state index in [1.54, 1.807) is 0 Å². The number of rotatable bonds is 1. The standard InChI is InChI=1S/C4H2F3NOS/c5-4(6,7)9-3-1-8-2-10-3/h1,3H. The summed E-state index contributed by atoms with van der Waals surface area (Å²) in [5.41, 5.74) is -1.06. The molecule has 0 bridgehead atoms. The maximum Gasteiger partial charge on any atom is 0.523 e. The van der Waals surface area contributed by atoms with E-state index in [1.165, 1.54) is 0 Å². The summed E-state index contributed by atoms with van der Waals surface area (Å²) < 4.78 is 37.7. The highest BCUT2D eigenvalue weighted by atomic mass is 32.2. The van der Waals surface area contributed by atoms with Gasteiger partial charge in [0.2, 0.25) is 0 Å². The summed E-state index contributed by atoms with van der Waals surface area (Å²) in [7, 11) is 0. The summed E-state index contributed by atoms with van der Waals surface area (Å²) in [4.78, 5) is 3.31. The molecule has 0 N–H and O–H groups in total. The van der Waals surface area contributed by atoms with E-state index < -0.39 is 11.8 Å². The van der Waals surface area contributed by atoms with Crippen molar-refractivity contribution in [2.24, 2.45) is 4.99 Å². The molecule has 6 heteroatoms. The maximum absolute atomic E-state index is 11.4. The van der Waals surface area contributed by atoms with Crippen LogP contribution in [0.25, 0.3) is 0 Å². The molecule has 1 heterocycles. The first-order valence-electron chi connectivity index (χ1n) is 2.26. The Hall–Kier alpha value is -0.230. The minimum absolute atomic E-state index is 0.755. The number of nitrogens with zero attached hydrogens (tertiary/aromatic N) is 1. The highest BCUT2D eigenvalue weighted by molar-refractivity contribution is 8.02. The van der Waals surface area contributed by atoms with E-state index in [0.29, 0.717) is 0 Å². The first kappa shape index (κ1) is 7.87. The van der Waals surface area contributed by atoms with E-state index in [1.807, 2.05) is 0 Å². The van der Waals surface area contributed by atoms with Crippen molar-refractivity contribution in [1.29, 1.82) is 0 Å². The van der Waals surface area contributed by atoms with Gasteiger partial charge in [-0.1, -0.05) is 11.8 Å². The van der Waals surface area contributed by atoms with Crippen molar-refractivity contribution in [2.75, 3.05) is 0 Å². The summed E-state index contributed by atoms with van der Waals surface area (Å²) in [5.74, 6) is 2.26. The van der Waals surface area contributed by atoms with Gasteiger partial charge in [-0.3, -0.25) is 9.73 Å². The zero-order valence-electron chi connectivity index (χ0n) is 4.55. The Morgan fingerprint density at radius 3 is 2.70 bits per heavy atom. The Kier molecular flexibility index (Phi) is 2.20. The molecule has 1 unspecified atom stereocenters. The average molecular weight is 169 g/mol. The lowest BCUT2D eigenvalue weighted by molar-refractivity contribution is -0.322. The quantitative estimate of drug-likeness (QED) is 0.595. The molecule has 1 aliphatic rings. The third kappa shape index (κ3) is 2.57. The van der Waals surface area contributed by atoms with Gasteiger partial charge in [-0.05, 0) is 0 Å². The summed E-state index contributed by atoms with van der Waals surface area (Å²) in [5, 5.41) is 0. The molecule has 0 aromatic rings. The number of hydrogen-bond donors (Lipinski definition) is 0. The predicted molar refractivity (Wildman–Crippen MR) is 30.3 cm³/mol. The van der Waals surface area contributed by atoms with Crippen LogP contribution in [0, 0.1) is 5.88 Å². The molecule has 10 heavy (non-hydrogen) atoms. The van der Waals surface area contributed by atoms with Crippen LogP contribution in [0.4, 0.5) is 13.2 Å². The fourth-order valence-corrected chi connectivity index (χ4v) is 0.895. The lowest BCUT2D eigenvalue weighted by atomic mass is 10.8. The van der Waals surface area contributed by atoms with E-state index in [2.05, 4.69) is 15.6 Å². The van der Waals surface area contributed by atoms with Crippen LogP contribution in [0.15, 0.2) is 4.99 Å². The number of alkyl halides is 3. The molecular weight excluding hydrogens is 167 g/mol. The normalized spacial score (nSPS) is 25.7. The predicted octanol–water partition coefficient (Wildman–Crippen LogP) is 1.66. The number of aliphatic imine (C=N–C) groups is 1. The van der Waals surface area contributed by atoms with Crippen LogP contribution in [0.5, 0.6) is 0 Å². The van der Waals surface area contributed by atoms with Gasteiger partial charge in [0, 0.05) is 6.21 Å². The lowest BCUT2D eigenvalue weighted by Crippen LogP contribution is -2.20. The smallest absolute Gasteiger partial charge is 0.272 e. The van der Waals surface area contributed by atoms with E-state index in [0.717, 1.165) is 18.0 Å². The molecule has 0 amide bonds. The fraction of sp³-hybridized carbons (Fsp3) is 0.500. The summed E-state index contributed by atoms with van der Waals surface area (Å²) in [6.45, 7) is 0. The summed E-state index contributed by atoms with van der Waals surface area (Å²) >= 11 is 0.755. The molecule has 1 atom stereocenters. The van der Waals surface area contributed by atoms with Gasteiger partial charge in [0.25, 0.3) is 0 Å². The Morgan fingerprint density at radius 1 is 1.60 bits per heavy atom. The Labute approximate surface area is 59.5 Å². The van der Waals surface area contributed by atoms with Crippen molar-refractivity contribution >= 4 is 18.0 Å². The Balaban J connectivity index is 2.31. The van der Waals surface area contributed by atoms with Crippen molar-refractivity contribution in [3.05, 3.63) is 5.88 Å². The van der Waals surface area contributed by atoms with Gasteiger partial charge >= 0.3 is 6.36 Å². The van der Waals surface area contributed by atoms with Gasteiger partial charge < -0.3 is 0 Å². The summed E-state index contributed by atoms with van der Waals surface area (Å²) in [6.07, 6.45) is -3.55. The fourth-order valence-electron chi connectivity index (χ4n) is 0.390. The number of thioether (sulfide) groups is 1. The number of halogens is 3. The molecule has 0 aromatic carbocycles. The van der Waals surface area contributed by atoms with Gasteiger partial charge in [-0.25, -0.2) is 0 Å². The molecule has 1 aliphatic heterocycles. The number of ether oxygens (including phenoxy) is 1. The molecular formula is C4H2F3NOS. The molecule has 2 nitrogen and oxygen atoms in total. The average Bonchev–Trinajstić information content (AvgIpc) is 2.12. The lowest BCUT2D eigenvalue weighted by Gasteiger charge is -2.09. The van der Waals surface area contributed by atoms with Crippen LogP contribution in [-0.2, 0) is 4.74 Å². The maximum atomic E-state index is 11.4. The second-order valence-corrected chi connectivity index (χ2v) is 2.30. The van der Waals surface area contributed by atoms with Crippen LogP contribution < -0.4 is 0 Å². The van der Waals surface area contributed by atoms with Crippen molar-refractivity contribution in [1.82, 2.24) is 0 Å². The van der Waals surface area contributed by atoms with Gasteiger partial charge in [0.1, 0.15) is 5.44 Å². The van der Waals surface area contributed by atoms with Crippen LogP contribution in [0.1, 0.15) is 0 Å². The molecule has 56 valence electrons. The topological polar surface area (TPSA) is 21.6 Å². The molecule has 0 aromatic heterocycles. The van der Waals surface area contributed by atoms with E-state index in [-0.39, 0.29) is 0 Å². The van der Waals surface area contributed by atoms with Gasteiger partial charge in [0.15, 0.2) is 5.88 Å². The Morgan fingerprint density at radius 2 is 2.30 bits per heavy atom. The molecule has 0 saturated carbocycles. The van der Waals surface area contributed by atoms with Crippen molar-refractivity contribution in [3.8, 4) is 0 Å². The van der Waals surface area contributed by atoms with Crippen LogP contribution in [-0.4, -0.2) is 18.0 Å². The monoisotopic (exact) mass is 169 g/mol. The molecule has 0 aliphatic carbocycles. The minimum atomic E-state index is -4.59. The van der Waals surface area contributed by atoms with Gasteiger partial charge in [-0.15, -0.1) is 13.2 Å². The number of hydrogen-bond acceptors (Lipinski definition) is 3. The van der Waals surface area contributed by atoms with Crippen LogP contribution >= 0.6 is 11.8 Å². The molecule has 0 spiro atoms. The third-order valence-electron chi connectivity index (χ3n) is 0.668. The minimum Gasteiger partial charge on any atom is -0.272 e. The highest BCUT2D eigenvalue weighted by Gasteiger charge is 2.34. The SMILES string of the molecule is FC(F)(F)OC1C=N[C]S1. The molecule has 1 rings (SSSR count). The second kappa shape index (κ2) is 2.79. The van der Waals surface area contributed by atoms with Gasteiger partial charge in [0.05, 0.1) is 0 Å². The van der Waals surface area contributed by atoms with Crippen LogP contribution in [0.3, 0.4) is 0 Å². The van der Waals surface area contributed by atoms with E-state index in [9.17, 15) is 13.2 Å².